The van der Waals surface area contributed by atoms with Crippen molar-refractivity contribution in [2.24, 2.45) is 0 Å². The van der Waals surface area contributed by atoms with Crippen LogP contribution in [0.4, 0.5) is 34.1 Å². The summed E-state index contributed by atoms with van der Waals surface area (Å²) in [6.07, 6.45) is 0. The van der Waals surface area contributed by atoms with Gasteiger partial charge in [-0.25, -0.2) is 0 Å². The van der Waals surface area contributed by atoms with Gasteiger partial charge < -0.3 is 9.80 Å². The number of benzene rings is 11. The van der Waals surface area contributed by atoms with E-state index in [1.807, 2.05) is 0 Å². The molecule has 0 aromatic heterocycles. The zero-order valence-electron chi connectivity index (χ0n) is 56.9. The predicted molar refractivity (Wildman–Crippen MR) is 399 cm³/mol. The minimum Gasteiger partial charge on any atom is -0.311 e. The lowest BCUT2D eigenvalue weighted by molar-refractivity contribution is 0.807. The zero-order valence-corrected chi connectivity index (χ0v) is 56.9. The van der Waals surface area contributed by atoms with Crippen molar-refractivity contribution in [3.8, 4) is 66.8 Å². The Bertz CT molecular complexity index is 4560. The Hall–Kier alpha value is -8.92. The van der Waals surface area contributed by atoms with Gasteiger partial charge in [-0.05, 0) is 200 Å². The van der Waals surface area contributed by atoms with Gasteiger partial charge in [0, 0.05) is 45.5 Å². The molecule has 11 aromatic rings. The Morgan fingerprint density at radius 3 is 1.26 bits per heavy atom. The average molecular weight is 1200 g/mol. The van der Waals surface area contributed by atoms with Crippen molar-refractivity contribution in [2.45, 2.75) is 151 Å². The second-order valence-electron chi connectivity index (χ2n) is 28.9. The van der Waals surface area contributed by atoms with Crippen LogP contribution in [0.5, 0.6) is 0 Å². The van der Waals surface area contributed by atoms with E-state index >= 15 is 0 Å². The van der Waals surface area contributed by atoms with Crippen molar-refractivity contribution in [1.29, 1.82) is 0 Å². The number of nitrogens with zero attached hydrogens (tertiary/aromatic N) is 2. The number of rotatable bonds is 12. The normalized spacial score (nSPS) is 13.9. The van der Waals surface area contributed by atoms with E-state index < -0.39 is 0 Å². The lowest BCUT2D eigenvalue weighted by atomic mass is 9.33. The van der Waals surface area contributed by atoms with Crippen LogP contribution in [0.2, 0.25) is 0 Å². The standard InChI is InChI=1S/C89H89BN2/c1-52(2)67-44-75(55(7)8)85(76(45-67)56(9)10)64-36-40-70(41-37-64)91-81-43-39-66(86-77(57(11)12)46-68(53(3)4)47-78(86)58(13)14)49-80(81)90-79-48-65(61-24-18-16-19-25-61)38-42-82(79)92-84-51-69(50-83(91)88(84)90)87-71(54(5)6)28-22-29-72(87)59(15)60-32-34-63(35-33-60)74-31-23-30-73(89(74)92)62-26-20-17-21-27-62/h16-59H,1-15H3. The molecule has 0 aliphatic carbocycles. The SMILES string of the molecule is CC(C)c1cc(C(C)C)c(-c2ccc(N3c4ccc(-c5c(C(C)C)cc(C(C)C)cc5C(C)C)cc4B4c5cc(-c6ccccc6)ccc5N5c6cc(cc3c64)-c3c(C(C)C)cccc3C(C)c3ccc(cc3)-c3cccc(-c4ccccc4)c35)cc2)c(C(C)C)c1. The molecule has 92 heavy (non-hydrogen) atoms. The van der Waals surface area contributed by atoms with Crippen molar-refractivity contribution in [3.63, 3.8) is 0 Å². The maximum Gasteiger partial charge on any atom is 0.252 e. The second kappa shape index (κ2) is 24.0. The van der Waals surface area contributed by atoms with Crippen molar-refractivity contribution in [2.75, 3.05) is 9.80 Å². The summed E-state index contributed by atoms with van der Waals surface area (Å²) in [5, 5.41) is 0. The molecular formula is C89H89BN2. The van der Waals surface area contributed by atoms with Crippen molar-refractivity contribution in [3.05, 3.63) is 268 Å². The molecule has 0 saturated heterocycles. The van der Waals surface area contributed by atoms with E-state index in [1.165, 1.54) is 162 Å². The third kappa shape index (κ3) is 10.3. The van der Waals surface area contributed by atoms with Gasteiger partial charge in [-0.15, -0.1) is 0 Å². The Morgan fingerprint density at radius 1 is 0.304 bits per heavy atom. The molecule has 0 N–H and O–H groups in total. The fraction of sp³-hybridized carbons (Fsp3) is 0.258. The van der Waals surface area contributed by atoms with E-state index in [9.17, 15) is 0 Å². The van der Waals surface area contributed by atoms with Crippen LogP contribution in [-0.4, -0.2) is 6.71 Å². The Balaban J connectivity index is 1.15. The van der Waals surface area contributed by atoms with Crippen LogP contribution < -0.4 is 26.2 Å². The first kappa shape index (κ1) is 60.6. The van der Waals surface area contributed by atoms with Gasteiger partial charge in [-0.2, -0.15) is 0 Å². The molecule has 3 heteroatoms. The van der Waals surface area contributed by atoms with Gasteiger partial charge >= 0.3 is 0 Å². The van der Waals surface area contributed by atoms with Crippen LogP contribution in [0.1, 0.15) is 201 Å². The molecule has 0 fully saturated rings. The summed E-state index contributed by atoms with van der Waals surface area (Å²) in [5.41, 5.74) is 38.6. The monoisotopic (exact) mass is 1200 g/mol. The molecule has 2 nitrogen and oxygen atoms in total. The van der Waals surface area contributed by atoms with Gasteiger partial charge in [0.15, 0.2) is 0 Å². The third-order valence-corrected chi connectivity index (χ3v) is 20.7. The highest BCUT2D eigenvalue weighted by Crippen LogP contribution is 2.54. The summed E-state index contributed by atoms with van der Waals surface area (Å²) < 4.78 is 0. The summed E-state index contributed by atoms with van der Waals surface area (Å²) in [6.45, 7) is 35.4. The summed E-state index contributed by atoms with van der Waals surface area (Å²) in [4.78, 5) is 5.39. The molecule has 458 valence electrons. The number of para-hydroxylation sites is 1. The summed E-state index contributed by atoms with van der Waals surface area (Å²) in [5.74, 6) is 2.57. The molecule has 0 spiro atoms. The number of fused-ring (bicyclic) bond motifs is 6. The van der Waals surface area contributed by atoms with Crippen molar-refractivity contribution < 1.29 is 0 Å². The highest BCUT2D eigenvalue weighted by molar-refractivity contribution is 7.00. The van der Waals surface area contributed by atoms with Crippen LogP contribution in [0.15, 0.2) is 218 Å². The van der Waals surface area contributed by atoms with E-state index in [0.717, 1.165) is 5.69 Å². The molecule has 11 aromatic carbocycles. The summed E-state index contributed by atoms with van der Waals surface area (Å²) >= 11 is 0. The summed E-state index contributed by atoms with van der Waals surface area (Å²) in [6, 6.07) is 86.0. The zero-order chi connectivity index (χ0) is 64.1. The van der Waals surface area contributed by atoms with Crippen LogP contribution in [0.3, 0.4) is 0 Å². The molecule has 15 rings (SSSR count). The van der Waals surface area contributed by atoms with Crippen molar-refractivity contribution >= 4 is 57.2 Å². The smallest absolute Gasteiger partial charge is 0.252 e. The Labute approximate surface area is 550 Å². The molecule has 0 amide bonds. The maximum atomic E-state index is 2.71. The highest BCUT2D eigenvalue weighted by Gasteiger charge is 2.45. The lowest BCUT2D eigenvalue weighted by Gasteiger charge is -2.45. The molecule has 4 bridgehead atoms. The molecule has 0 saturated carbocycles. The topological polar surface area (TPSA) is 6.48 Å². The fourth-order valence-electron chi connectivity index (χ4n) is 15.8. The Morgan fingerprint density at radius 2 is 0.739 bits per heavy atom. The van der Waals surface area contributed by atoms with Crippen LogP contribution in [-0.2, 0) is 0 Å². The molecule has 4 heterocycles. The van der Waals surface area contributed by atoms with Gasteiger partial charge in [-0.1, -0.05) is 286 Å². The number of anilines is 6. The van der Waals surface area contributed by atoms with Gasteiger partial charge in [0.1, 0.15) is 0 Å². The van der Waals surface area contributed by atoms with Crippen LogP contribution >= 0.6 is 0 Å². The van der Waals surface area contributed by atoms with E-state index in [0.29, 0.717) is 35.5 Å². The highest BCUT2D eigenvalue weighted by atomic mass is 15.2. The predicted octanol–water partition coefficient (Wildman–Crippen LogP) is 24.1. The van der Waals surface area contributed by atoms with E-state index in [2.05, 4.69) is 332 Å². The fourth-order valence-corrected chi connectivity index (χ4v) is 15.8. The molecule has 0 radical (unpaired) electrons. The van der Waals surface area contributed by atoms with Crippen molar-refractivity contribution in [1.82, 2.24) is 0 Å². The lowest BCUT2D eigenvalue weighted by Crippen LogP contribution is -2.61. The minimum absolute atomic E-state index is 0.118. The summed E-state index contributed by atoms with van der Waals surface area (Å²) in [7, 11) is 0. The second-order valence-corrected chi connectivity index (χ2v) is 28.9. The average Bonchev–Trinajstić information content (AvgIpc) is 0.778. The first-order chi connectivity index (χ1) is 44.4. The Kier molecular flexibility index (Phi) is 15.8. The van der Waals surface area contributed by atoms with E-state index in [1.54, 1.807) is 0 Å². The molecule has 4 aliphatic rings. The van der Waals surface area contributed by atoms with Crippen LogP contribution in [0, 0.1) is 0 Å². The number of hydrogen-bond acceptors (Lipinski definition) is 2. The largest absolute Gasteiger partial charge is 0.311 e. The molecule has 1 unspecified atom stereocenters. The van der Waals surface area contributed by atoms with Crippen LogP contribution in [0.25, 0.3) is 66.8 Å². The first-order valence-electron chi connectivity index (χ1n) is 34.4. The molecular weight excluding hydrogens is 1110 g/mol. The minimum atomic E-state index is -0.156. The van der Waals surface area contributed by atoms with Gasteiger partial charge in [0.2, 0.25) is 0 Å². The maximum absolute atomic E-state index is 2.71. The molecule has 1 atom stereocenters. The van der Waals surface area contributed by atoms with Gasteiger partial charge in [-0.3, -0.25) is 0 Å². The number of hydrogen-bond donors (Lipinski definition) is 0. The third-order valence-electron chi connectivity index (χ3n) is 20.7. The molecule has 4 aliphatic heterocycles. The van der Waals surface area contributed by atoms with Gasteiger partial charge in [0.25, 0.3) is 6.71 Å². The quantitative estimate of drug-likeness (QED) is 0.113. The van der Waals surface area contributed by atoms with Gasteiger partial charge in [0.05, 0.1) is 5.69 Å². The van der Waals surface area contributed by atoms with E-state index in [-0.39, 0.29) is 18.5 Å². The van der Waals surface area contributed by atoms with E-state index in [4.69, 9.17) is 0 Å². The first-order valence-corrected chi connectivity index (χ1v) is 34.4.